The van der Waals surface area contributed by atoms with Crippen LogP contribution in [0.4, 0.5) is 13.2 Å². The van der Waals surface area contributed by atoms with E-state index in [1.54, 1.807) is 0 Å². The van der Waals surface area contributed by atoms with Crippen molar-refractivity contribution in [1.29, 1.82) is 0 Å². The summed E-state index contributed by atoms with van der Waals surface area (Å²) in [6.07, 6.45) is -4.59. The number of alkyl halides is 3. The molecular weight excluding hydrogens is 253 g/mol. The van der Waals surface area contributed by atoms with Crippen molar-refractivity contribution >= 4 is 17.4 Å². The van der Waals surface area contributed by atoms with Crippen LogP contribution < -0.4 is 0 Å². The van der Waals surface area contributed by atoms with Gasteiger partial charge in [0, 0.05) is 10.6 Å². The molecule has 0 radical (unpaired) electrons. The minimum Gasteiger partial charge on any atom is -0.299 e. The van der Waals surface area contributed by atoms with Gasteiger partial charge in [0.2, 0.25) is 0 Å². The normalized spacial score (nSPS) is 13.2. The second kappa shape index (κ2) is 4.92. The van der Waals surface area contributed by atoms with E-state index in [2.05, 4.69) is 6.58 Å². The second-order valence-corrected chi connectivity index (χ2v) is 4.05. The fourth-order valence-corrected chi connectivity index (χ4v) is 1.63. The summed E-state index contributed by atoms with van der Waals surface area (Å²) in [4.78, 5) is 11.3. The van der Waals surface area contributed by atoms with Gasteiger partial charge in [0.05, 0.1) is 5.92 Å². The van der Waals surface area contributed by atoms with Gasteiger partial charge in [-0.1, -0.05) is 30.3 Å². The van der Waals surface area contributed by atoms with E-state index in [9.17, 15) is 18.0 Å². The molecule has 0 aliphatic carbocycles. The zero-order chi connectivity index (χ0) is 13.2. The smallest absolute Gasteiger partial charge is 0.299 e. The van der Waals surface area contributed by atoms with E-state index >= 15 is 0 Å². The summed E-state index contributed by atoms with van der Waals surface area (Å²) >= 11 is 5.64. The Bertz CT molecular complexity index is 434. The third kappa shape index (κ3) is 3.33. The van der Waals surface area contributed by atoms with Crippen LogP contribution in [0, 0.1) is 0 Å². The fourth-order valence-electron chi connectivity index (χ4n) is 1.50. The lowest BCUT2D eigenvalue weighted by Crippen LogP contribution is -2.22. The van der Waals surface area contributed by atoms with Crippen molar-refractivity contribution < 1.29 is 18.0 Å². The minimum atomic E-state index is -4.59. The number of allylic oxidation sites excluding steroid dienone is 1. The molecule has 1 aromatic carbocycles. The lowest BCUT2D eigenvalue weighted by atomic mass is 9.88. The highest BCUT2D eigenvalue weighted by Crippen LogP contribution is 2.36. The molecule has 17 heavy (non-hydrogen) atoms. The number of rotatable bonds is 3. The van der Waals surface area contributed by atoms with Crippen molar-refractivity contribution in [3.8, 4) is 0 Å². The molecule has 0 fully saturated rings. The predicted molar refractivity (Wildman–Crippen MR) is 60.1 cm³/mol. The van der Waals surface area contributed by atoms with Crippen molar-refractivity contribution in [2.45, 2.75) is 19.0 Å². The number of benzene rings is 1. The van der Waals surface area contributed by atoms with Crippen LogP contribution in [0.5, 0.6) is 0 Å². The van der Waals surface area contributed by atoms with Gasteiger partial charge in [0.15, 0.2) is 0 Å². The van der Waals surface area contributed by atoms with Crippen molar-refractivity contribution in [2.24, 2.45) is 0 Å². The first-order valence-electron chi connectivity index (χ1n) is 4.75. The highest BCUT2D eigenvalue weighted by Gasteiger charge is 2.39. The van der Waals surface area contributed by atoms with Crippen LogP contribution >= 0.6 is 11.6 Å². The van der Waals surface area contributed by atoms with Crippen LogP contribution in [0.2, 0.25) is 5.02 Å². The third-order valence-corrected chi connectivity index (χ3v) is 2.57. The topological polar surface area (TPSA) is 17.1 Å². The van der Waals surface area contributed by atoms with E-state index in [0.29, 0.717) is 5.02 Å². The van der Waals surface area contributed by atoms with Crippen molar-refractivity contribution in [2.75, 3.05) is 0 Å². The van der Waals surface area contributed by atoms with Gasteiger partial charge < -0.3 is 0 Å². The third-order valence-electron chi connectivity index (χ3n) is 2.32. The average Bonchev–Trinajstić information content (AvgIpc) is 2.19. The molecule has 0 heterocycles. The summed E-state index contributed by atoms with van der Waals surface area (Å²) in [5, 5.41) is 0.397. The Kier molecular flexibility index (Phi) is 3.98. The largest absolute Gasteiger partial charge is 0.413 e. The summed E-state index contributed by atoms with van der Waals surface area (Å²) in [6, 6.07) is 5.67. The Morgan fingerprint density at radius 1 is 1.29 bits per heavy atom. The van der Waals surface area contributed by atoms with Crippen molar-refractivity contribution in [3.05, 3.63) is 47.0 Å². The zero-order valence-electron chi connectivity index (χ0n) is 9.01. The van der Waals surface area contributed by atoms with Crippen molar-refractivity contribution in [1.82, 2.24) is 0 Å². The summed E-state index contributed by atoms with van der Waals surface area (Å²) in [5.74, 6) is -1.97. The highest BCUT2D eigenvalue weighted by atomic mass is 35.5. The van der Waals surface area contributed by atoms with E-state index < -0.39 is 23.5 Å². The van der Waals surface area contributed by atoms with Gasteiger partial charge >= 0.3 is 6.18 Å². The summed E-state index contributed by atoms with van der Waals surface area (Å²) in [5.41, 5.74) is -0.823. The molecule has 1 aromatic rings. The maximum Gasteiger partial charge on any atom is 0.413 e. The van der Waals surface area contributed by atoms with Gasteiger partial charge in [-0.2, -0.15) is 13.2 Å². The molecule has 0 saturated heterocycles. The second-order valence-electron chi connectivity index (χ2n) is 3.62. The molecule has 5 heteroatoms. The first kappa shape index (κ1) is 13.8. The number of hydrogen-bond donors (Lipinski definition) is 0. The van der Waals surface area contributed by atoms with E-state index in [1.165, 1.54) is 24.3 Å². The van der Waals surface area contributed by atoms with Crippen LogP contribution in [0.15, 0.2) is 36.4 Å². The standard InChI is InChI=1S/C12H10ClF3O/c1-7(12(14,15)16)11(8(2)17)9-3-5-10(13)6-4-9/h3-6,11H,1H2,2H3. The van der Waals surface area contributed by atoms with Gasteiger partial charge in [0.25, 0.3) is 0 Å². The van der Waals surface area contributed by atoms with E-state index in [4.69, 9.17) is 11.6 Å². The quantitative estimate of drug-likeness (QED) is 0.749. The van der Waals surface area contributed by atoms with Crippen LogP contribution in [0.25, 0.3) is 0 Å². The maximum atomic E-state index is 12.5. The van der Waals surface area contributed by atoms with Gasteiger partial charge in [-0.3, -0.25) is 4.79 Å². The molecule has 0 N–H and O–H groups in total. The van der Waals surface area contributed by atoms with E-state index in [0.717, 1.165) is 6.92 Å². The van der Waals surface area contributed by atoms with Crippen molar-refractivity contribution in [3.63, 3.8) is 0 Å². The van der Waals surface area contributed by atoms with Gasteiger partial charge in [-0.15, -0.1) is 0 Å². The summed E-state index contributed by atoms with van der Waals surface area (Å²) in [6.45, 7) is 4.07. The van der Waals surface area contributed by atoms with Crippen LogP contribution in [0.3, 0.4) is 0 Å². The molecule has 0 aliphatic heterocycles. The molecule has 0 aromatic heterocycles. The molecule has 0 aliphatic rings. The lowest BCUT2D eigenvalue weighted by Gasteiger charge is -2.19. The number of halogens is 4. The Balaban J connectivity index is 3.15. The van der Waals surface area contributed by atoms with Gasteiger partial charge in [-0.25, -0.2) is 0 Å². The SMILES string of the molecule is C=C(C(C(C)=O)c1ccc(Cl)cc1)C(F)(F)F. The van der Waals surface area contributed by atoms with Gasteiger partial charge in [-0.05, 0) is 24.6 Å². The van der Waals surface area contributed by atoms with E-state index in [-0.39, 0.29) is 5.56 Å². The molecule has 0 amide bonds. The fraction of sp³-hybridized carbons (Fsp3) is 0.250. The van der Waals surface area contributed by atoms with E-state index in [1.807, 2.05) is 0 Å². The number of carbonyl (C=O) groups excluding carboxylic acids is 1. The Labute approximate surface area is 102 Å². The first-order chi connectivity index (χ1) is 7.73. The monoisotopic (exact) mass is 262 g/mol. The molecule has 1 unspecified atom stereocenters. The molecule has 0 spiro atoms. The van der Waals surface area contributed by atoms with Crippen LogP contribution in [-0.4, -0.2) is 12.0 Å². The molecule has 1 rings (SSSR count). The number of Topliss-reactive ketones (excluding diaryl/α,β-unsaturated/α-hetero) is 1. The predicted octanol–water partition coefficient (Wildman–Crippen LogP) is 4.13. The Hall–Kier alpha value is -1.29. The molecule has 1 atom stereocenters. The van der Waals surface area contributed by atoms with Crippen LogP contribution in [-0.2, 0) is 4.79 Å². The lowest BCUT2D eigenvalue weighted by molar-refractivity contribution is -0.123. The average molecular weight is 263 g/mol. The Morgan fingerprint density at radius 3 is 2.12 bits per heavy atom. The number of carbonyl (C=O) groups is 1. The van der Waals surface area contributed by atoms with Crippen LogP contribution in [0.1, 0.15) is 18.4 Å². The number of ketones is 1. The Morgan fingerprint density at radius 2 is 1.76 bits per heavy atom. The summed E-state index contributed by atoms with van der Waals surface area (Å²) in [7, 11) is 0. The summed E-state index contributed by atoms with van der Waals surface area (Å²) < 4.78 is 37.6. The molecule has 92 valence electrons. The number of hydrogen-bond acceptors (Lipinski definition) is 1. The van der Waals surface area contributed by atoms with Gasteiger partial charge in [0.1, 0.15) is 5.78 Å². The first-order valence-corrected chi connectivity index (χ1v) is 5.13. The molecule has 1 nitrogen and oxygen atoms in total. The maximum absolute atomic E-state index is 12.5. The zero-order valence-corrected chi connectivity index (χ0v) is 9.77. The highest BCUT2D eigenvalue weighted by molar-refractivity contribution is 6.30. The minimum absolute atomic E-state index is 0.240. The molecular formula is C12H10ClF3O. The molecule has 0 bridgehead atoms. The molecule has 0 saturated carbocycles.